The maximum Gasteiger partial charge on any atom is 0.264 e. The first-order valence-electron chi connectivity index (χ1n) is 9.52. The lowest BCUT2D eigenvalue weighted by Gasteiger charge is -2.46. The molecule has 140 valence electrons. The lowest BCUT2D eigenvalue weighted by molar-refractivity contribution is 0.141. The molecule has 0 aromatic heterocycles. The van der Waals surface area contributed by atoms with Crippen molar-refractivity contribution < 1.29 is 4.43 Å². The van der Waals surface area contributed by atoms with Gasteiger partial charge >= 0.3 is 0 Å². The zero-order valence-corrected chi connectivity index (χ0v) is 19.2. The average Bonchev–Trinajstić information content (AvgIpc) is 2.59. The van der Waals surface area contributed by atoms with Crippen molar-refractivity contribution in [2.24, 2.45) is 0 Å². The first-order valence-corrected chi connectivity index (χ1v) is 12.5. The van der Waals surface area contributed by atoms with E-state index in [1.165, 1.54) is 5.19 Å². The molecular weight excluding hydrogens is 340 g/mol. The fourth-order valence-electron chi connectivity index (χ4n) is 3.33. The summed E-state index contributed by atoms with van der Waals surface area (Å²) in [5.41, 5.74) is 4.68. The Bertz CT molecular complexity index is 494. The molecule has 0 aliphatic rings. The predicted molar refractivity (Wildman–Crippen MR) is 113 cm³/mol. The fourth-order valence-corrected chi connectivity index (χ4v) is 9.31. The first-order chi connectivity index (χ1) is 11.9. The normalized spacial score (nSPS) is 13.3. The van der Waals surface area contributed by atoms with E-state index in [4.69, 9.17) is 4.43 Å². The van der Waals surface area contributed by atoms with E-state index in [-0.39, 0.29) is 5.60 Å². The minimum Gasteiger partial charge on any atom is -0.407 e. The van der Waals surface area contributed by atoms with Crippen LogP contribution in [0, 0.1) is 0 Å². The molecule has 2 radical (unpaired) electrons. The standard InChI is InChI=1S/C20H36N2OSi2/c1-8-21(9-2)25(22(10-3)11-4,19-15-13-12-14-16-19)18-17-24-23-20(5,6)7/h12-18H,8-11H2,1-7H3/b18-17+. The fraction of sp³-hybridized carbons (Fsp3) is 0.600. The quantitative estimate of drug-likeness (QED) is 0.581. The van der Waals surface area contributed by atoms with Gasteiger partial charge in [-0.15, -0.1) is 0 Å². The highest BCUT2D eigenvalue weighted by atomic mass is 28.3. The zero-order valence-electron chi connectivity index (χ0n) is 17.2. The second-order valence-corrected chi connectivity index (χ2v) is 11.5. The molecule has 5 heteroatoms. The van der Waals surface area contributed by atoms with Crippen LogP contribution in [0.25, 0.3) is 0 Å². The van der Waals surface area contributed by atoms with Gasteiger partial charge in [-0.05, 0) is 52.1 Å². The van der Waals surface area contributed by atoms with E-state index in [0.717, 1.165) is 26.2 Å². The SMILES string of the molecule is CCN(CC)[Si](/C=C/[Si]OC(C)(C)C)(c1ccccc1)N(CC)CC. The third kappa shape index (κ3) is 5.89. The molecule has 1 aromatic carbocycles. The summed E-state index contributed by atoms with van der Waals surface area (Å²) in [6.07, 6.45) is 0. The maximum atomic E-state index is 5.98. The Morgan fingerprint density at radius 2 is 1.40 bits per heavy atom. The van der Waals surface area contributed by atoms with Crippen LogP contribution in [0.4, 0.5) is 0 Å². The molecule has 0 spiro atoms. The van der Waals surface area contributed by atoms with Crippen molar-refractivity contribution in [2.75, 3.05) is 26.2 Å². The minimum absolute atomic E-state index is 0.0931. The largest absolute Gasteiger partial charge is 0.407 e. The molecule has 0 amide bonds. The van der Waals surface area contributed by atoms with Gasteiger partial charge in [-0.1, -0.05) is 69.4 Å². The number of hydrogen-bond donors (Lipinski definition) is 0. The van der Waals surface area contributed by atoms with Gasteiger partial charge in [0.05, 0.1) is 0 Å². The van der Waals surface area contributed by atoms with Crippen LogP contribution in [0.3, 0.4) is 0 Å². The predicted octanol–water partition coefficient (Wildman–Crippen LogP) is 3.51. The molecule has 0 heterocycles. The molecule has 0 unspecified atom stereocenters. The van der Waals surface area contributed by atoms with Gasteiger partial charge in [0.1, 0.15) is 0 Å². The molecule has 0 saturated heterocycles. The van der Waals surface area contributed by atoms with Gasteiger partial charge in [0.25, 0.3) is 18.2 Å². The van der Waals surface area contributed by atoms with Gasteiger partial charge in [0, 0.05) is 5.60 Å². The van der Waals surface area contributed by atoms with Gasteiger partial charge in [-0.3, -0.25) is 0 Å². The second kappa shape index (κ2) is 10.4. The first kappa shape index (κ1) is 22.3. The Morgan fingerprint density at radius 3 is 1.80 bits per heavy atom. The zero-order chi connectivity index (χ0) is 18.9. The summed E-state index contributed by atoms with van der Waals surface area (Å²) in [4.78, 5) is 0. The third-order valence-electron chi connectivity index (χ3n) is 4.44. The third-order valence-corrected chi connectivity index (χ3v) is 10.8. The highest BCUT2D eigenvalue weighted by Crippen LogP contribution is 2.18. The van der Waals surface area contributed by atoms with Gasteiger partial charge in [0.2, 0.25) is 0 Å². The van der Waals surface area contributed by atoms with Crippen LogP contribution in [-0.2, 0) is 4.43 Å². The van der Waals surface area contributed by atoms with Crippen LogP contribution < -0.4 is 5.19 Å². The highest BCUT2D eigenvalue weighted by Gasteiger charge is 2.43. The van der Waals surface area contributed by atoms with Crippen LogP contribution in [0.2, 0.25) is 0 Å². The van der Waals surface area contributed by atoms with Crippen molar-refractivity contribution in [1.29, 1.82) is 0 Å². The molecule has 0 aliphatic heterocycles. The van der Waals surface area contributed by atoms with Crippen molar-refractivity contribution in [3.8, 4) is 0 Å². The van der Waals surface area contributed by atoms with Crippen molar-refractivity contribution >= 4 is 23.3 Å². The highest BCUT2D eigenvalue weighted by molar-refractivity contribution is 6.91. The van der Waals surface area contributed by atoms with Crippen LogP contribution in [0.1, 0.15) is 48.5 Å². The van der Waals surface area contributed by atoms with Crippen LogP contribution in [0.15, 0.2) is 41.7 Å². The molecule has 25 heavy (non-hydrogen) atoms. The summed E-state index contributed by atoms with van der Waals surface area (Å²) >= 11 is 0. The van der Waals surface area contributed by atoms with E-state index >= 15 is 0 Å². The van der Waals surface area contributed by atoms with Crippen LogP contribution in [0.5, 0.6) is 0 Å². The lowest BCUT2D eigenvalue weighted by Crippen LogP contribution is -2.72. The summed E-state index contributed by atoms with van der Waals surface area (Å²) in [6.45, 7) is 19.7. The Labute approximate surface area is 159 Å². The maximum absolute atomic E-state index is 5.98. The van der Waals surface area contributed by atoms with E-state index in [1.54, 1.807) is 0 Å². The number of hydrogen-bond acceptors (Lipinski definition) is 3. The minimum atomic E-state index is -2.11. The second-order valence-electron chi connectivity index (χ2n) is 7.10. The Hall–Kier alpha value is -0.726. The molecule has 0 aliphatic carbocycles. The molecule has 3 nitrogen and oxygen atoms in total. The van der Waals surface area contributed by atoms with E-state index in [2.05, 4.69) is 99.3 Å². The van der Waals surface area contributed by atoms with Crippen LogP contribution in [-0.4, -0.2) is 59.1 Å². The molecule has 1 aromatic rings. The number of benzene rings is 1. The average molecular weight is 377 g/mol. The van der Waals surface area contributed by atoms with Crippen molar-refractivity contribution in [3.63, 3.8) is 0 Å². The molecule has 1 rings (SSSR count). The number of nitrogens with zero attached hydrogens (tertiary/aromatic N) is 2. The van der Waals surface area contributed by atoms with Crippen LogP contribution >= 0.6 is 0 Å². The van der Waals surface area contributed by atoms with E-state index in [9.17, 15) is 0 Å². The molecule has 0 saturated carbocycles. The molecule has 0 atom stereocenters. The number of rotatable bonds is 10. The van der Waals surface area contributed by atoms with Crippen molar-refractivity contribution in [2.45, 2.75) is 54.1 Å². The Morgan fingerprint density at radius 1 is 0.920 bits per heavy atom. The molecule has 0 bridgehead atoms. The van der Waals surface area contributed by atoms with Crippen molar-refractivity contribution in [1.82, 2.24) is 9.13 Å². The van der Waals surface area contributed by atoms with E-state index in [0.29, 0.717) is 9.76 Å². The lowest BCUT2D eigenvalue weighted by atomic mass is 10.2. The van der Waals surface area contributed by atoms with E-state index < -0.39 is 8.40 Å². The van der Waals surface area contributed by atoms with Crippen molar-refractivity contribution in [3.05, 3.63) is 41.7 Å². The summed E-state index contributed by atoms with van der Waals surface area (Å²) in [5, 5.41) is 1.46. The summed E-state index contributed by atoms with van der Waals surface area (Å²) in [7, 11) is -1.72. The smallest absolute Gasteiger partial charge is 0.264 e. The topological polar surface area (TPSA) is 15.7 Å². The molecule has 0 N–H and O–H groups in total. The summed E-state index contributed by atoms with van der Waals surface area (Å²) in [5.74, 6) is 0. The summed E-state index contributed by atoms with van der Waals surface area (Å²) in [6, 6.07) is 11.1. The van der Waals surface area contributed by atoms with E-state index in [1.807, 2.05) is 0 Å². The Balaban J connectivity index is 3.36. The van der Waals surface area contributed by atoms with Gasteiger partial charge in [-0.25, -0.2) is 0 Å². The van der Waals surface area contributed by atoms with Gasteiger partial charge < -0.3 is 13.6 Å². The summed E-state index contributed by atoms with van der Waals surface area (Å²) < 4.78 is 11.3. The monoisotopic (exact) mass is 376 g/mol. The Kier molecular flexibility index (Phi) is 9.31. The molecule has 0 fully saturated rings. The van der Waals surface area contributed by atoms with Gasteiger partial charge in [-0.2, -0.15) is 0 Å². The molecular formula is C20H36N2OSi2. The van der Waals surface area contributed by atoms with Gasteiger partial charge in [0.15, 0.2) is 0 Å².